The van der Waals surface area contributed by atoms with Gasteiger partial charge in [0.15, 0.2) is 5.96 Å². The lowest BCUT2D eigenvalue weighted by molar-refractivity contribution is 0.172. The van der Waals surface area contributed by atoms with E-state index in [1.54, 1.807) is 11.3 Å². The van der Waals surface area contributed by atoms with Gasteiger partial charge in [0.05, 0.1) is 11.6 Å². The number of hydrogen-bond acceptors (Lipinski definition) is 4. The van der Waals surface area contributed by atoms with Gasteiger partial charge in [0.25, 0.3) is 0 Å². The highest BCUT2D eigenvalue weighted by molar-refractivity contribution is 7.11. The number of aromatic nitrogens is 1. The van der Waals surface area contributed by atoms with Gasteiger partial charge in [-0.1, -0.05) is 30.3 Å². The minimum absolute atomic E-state index is 0.706. The Morgan fingerprint density at radius 2 is 1.96 bits per heavy atom. The number of nitrogens with zero attached hydrogens (tertiary/aromatic N) is 4. The summed E-state index contributed by atoms with van der Waals surface area (Å²) in [4.78, 5) is 15.2. The standard InChI is InChI=1S/C19H27N5S/c1-3-20-19(22-14-18-13-21-16(2)25-18)24-11-9-23(10-12-24)15-17-7-5-4-6-8-17/h4-8,13H,3,9-12,14-15H2,1-2H3,(H,20,22). The summed E-state index contributed by atoms with van der Waals surface area (Å²) in [5, 5.41) is 4.54. The second kappa shape index (κ2) is 8.97. The second-order valence-corrected chi connectivity index (χ2v) is 7.58. The molecule has 0 aliphatic carbocycles. The summed E-state index contributed by atoms with van der Waals surface area (Å²) in [6, 6.07) is 10.7. The van der Waals surface area contributed by atoms with Gasteiger partial charge in [0.2, 0.25) is 0 Å². The van der Waals surface area contributed by atoms with Crippen molar-refractivity contribution < 1.29 is 0 Å². The Bertz CT molecular complexity index is 674. The zero-order chi connectivity index (χ0) is 17.5. The Balaban J connectivity index is 1.54. The van der Waals surface area contributed by atoms with Gasteiger partial charge >= 0.3 is 0 Å². The Morgan fingerprint density at radius 1 is 1.20 bits per heavy atom. The molecule has 0 amide bonds. The van der Waals surface area contributed by atoms with Gasteiger partial charge in [-0.3, -0.25) is 4.90 Å². The average Bonchev–Trinajstić information content (AvgIpc) is 3.06. The fraction of sp³-hybridized carbons (Fsp3) is 0.474. The van der Waals surface area contributed by atoms with Crippen molar-refractivity contribution in [2.45, 2.75) is 26.9 Å². The van der Waals surface area contributed by atoms with Crippen LogP contribution in [0.3, 0.4) is 0 Å². The topological polar surface area (TPSA) is 43.8 Å². The number of aliphatic imine (C=N–C) groups is 1. The van der Waals surface area contributed by atoms with E-state index in [1.807, 2.05) is 13.1 Å². The van der Waals surface area contributed by atoms with Crippen LogP contribution in [0.5, 0.6) is 0 Å². The SMILES string of the molecule is CCNC(=NCc1cnc(C)s1)N1CCN(Cc2ccccc2)CC1. The molecule has 1 aromatic heterocycles. The number of aryl methyl sites for hydroxylation is 1. The van der Waals surface area contributed by atoms with Crippen molar-refractivity contribution in [3.8, 4) is 0 Å². The smallest absolute Gasteiger partial charge is 0.194 e. The molecule has 1 saturated heterocycles. The van der Waals surface area contributed by atoms with Gasteiger partial charge in [-0.25, -0.2) is 9.98 Å². The van der Waals surface area contributed by atoms with Crippen molar-refractivity contribution >= 4 is 17.3 Å². The van der Waals surface area contributed by atoms with Crippen LogP contribution >= 0.6 is 11.3 Å². The Morgan fingerprint density at radius 3 is 2.60 bits per heavy atom. The Kier molecular flexibility index (Phi) is 6.42. The van der Waals surface area contributed by atoms with Crippen LogP contribution in [0.2, 0.25) is 0 Å². The van der Waals surface area contributed by atoms with Crippen molar-refractivity contribution in [2.24, 2.45) is 4.99 Å². The van der Waals surface area contributed by atoms with Gasteiger partial charge in [-0.2, -0.15) is 0 Å². The zero-order valence-corrected chi connectivity index (χ0v) is 15.9. The van der Waals surface area contributed by atoms with E-state index in [-0.39, 0.29) is 0 Å². The monoisotopic (exact) mass is 357 g/mol. The molecule has 134 valence electrons. The van der Waals surface area contributed by atoms with Gasteiger partial charge in [0.1, 0.15) is 0 Å². The lowest BCUT2D eigenvalue weighted by atomic mass is 10.2. The third-order valence-corrected chi connectivity index (χ3v) is 5.21. The van der Waals surface area contributed by atoms with E-state index < -0.39 is 0 Å². The molecule has 0 unspecified atom stereocenters. The molecular formula is C19H27N5S. The molecule has 0 radical (unpaired) electrons. The van der Waals surface area contributed by atoms with Crippen LogP contribution < -0.4 is 5.32 Å². The maximum atomic E-state index is 4.81. The van der Waals surface area contributed by atoms with E-state index in [9.17, 15) is 0 Å². The molecular weight excluding hydrogens is 330 g/mol. The molecule has 25 heavy (non-hydrogen) atoms. The average molecular weight is 358 g/mol. The van der Waals surface area contributed by atoms with Crippen LogP contribution in [0.15, 0.2) is 41.5 Å². The van der Waals surface area contributed by atoms with Crippen molar-refractivity contribution in [3.05, 3.63) is 52.0 Å². The summed E-state index contributed by atoms with van der Waals surface area (Å²) in [6.07, 6.45) is 1.94. The first-order valence-electron chi connectivity index (χ1n) is 8.95. The van der Waals surface area contributed by atoms with E-state index >= 15 is 0 Å². The normalized spacial score (nSPS) is 16.2. The minimum atomic E-state index is 0.706. The molecule has 6 heteroatoms. The highest BCUT2D eigenvalue weighted by Crippen LogP contribution is 2.13. The molecule has 5 nitrogen and oxygen atoms in total. The highest BCUT2D eigenvalue weighted by Gasteiger charge is 2.19. The molecule has 1 aliphatic rings. The minimum Gasteiger partial charge on any atom is -0.357 e. The molecule has 0 spiro atoms. The molecule has 2 heterocycles. The molecule has 1 aromatic carbocycles. The lowest BCUT2D eigenvalue weighted by Crippen LogP contribution is -2.52. The lowest BCUT2D eigenvalue weighted by Gasteiger charge is -2.36. The maximum absolute atomic E-state index is 4.81. The van der Waals surface area contributed by atoms with Crippen LogP contribution in [0.4, 0.5) is 0 Å². The third-order valence-electron chi connectivity index (χ3n) is 4.31. The number of thiazole rings is 1. The molecule has 2 aromatic rings. The quantitative estimate of drug-likeness (QED) is 0.660. The van der Waals surface area contributed by atoms with E-state index in [2.05, 4.69) is 57.4 Å². The van der Waals surface area contributed by atoms with E-state index in [4.69, 9.17) is 4.99 Å². The number of guanidine groups is 1. The maximum Gasteiger partial charge on any atom is 0.194 e. The van der Waals surface area contributed by atoms with Crippen LogP contribution in [0.1, 0.15) is 22.4 Å². The van der Waals surface area contributed by atoms with Crippen LogP contribution in [-0.4, -0.2) is 53.5 Å². The number of piperazine rings is 1. The van der Waals surface area contributed by atoms with Gasteiger partial charge in [-0.15, -0.1) is 11.3 Å². The molecule has 1 aliphatic heterocycles. The number of rotatable bonds is 5. The first-order chi connectivity index (χ1) is 12.2. The van der Waals surface area contributed by atoms with Gasteiger partial charge in [0, 0.05) is 50.3 Å². The summed E-state index contributed by atoms with van der Waals surface area (Å²) in [6.45, 7) is 11.0. The first-order valence-corrected chi connectivity index (χ1v) is 9.77. The molecule has 0 atom stereocenters. The summed E-state index contributed by atoms with van der Waals surface area (Å²) in [5.74, 6) is 1.02. The van der Waals surface area contributed by atoms with Crippen LogP contribution in [0, 0.1) is 6.92 Å². The van der Waals surface area contributed by atoms with E-state index in [1.165, 1.54) is 10.4 Å². The van der Waals surface area contributed by atoms with Crippen molar-refractivity contribution in [1.29, 1.82) is 0 Å². The molecule has 1 fully saturated rings. The van der Waals surface area contributed by atoms with E-state index in [0.717, 1.165) is 50.2 Å². The van der Waals surface area contributed by atoms with Crippen molar-refractivity contribution in [2.75, 3.05) is 32.7 Å². The third kappa shape index (κ3) is 5.28. The number of benzene rings is 1. The summed E-state index contributed by atoms with van der Waals surface area (Å²) >= 11 is 1.72. The number of hydrogen-bond donors (Lipinski definition) is 1. The highest BCUT2D eigenvalue weighted by atomic mass is 32.1. The zero-order valence-electron chi connectivity index (χ0n) is 15.1. The summed E-state index contributed by atoms with van der Waals surface area (Å²) in [5.41, 5.74) is 1.39. The van der Waals surface area contributed by atoms with Gasteiger partial charge in [-0.05, 0) is 19.4 Å². The first kappa shape index (κ1) is 17.9. The van der Waals surface area contributed by atoms with Crippen molar-refractivity contribution in [3.63, 3.8) is 0 Å². The fourth-order valence-corrected chi connectivity index (χ4v) is 3.74. The summed E-state index contributed by atoms with van der Waals surface area (Å²) < 4.78 is 0. The molecule has 0 saturated carbocycles. The van der Waals surface area contributed by atoms with Crippen molar-refractivity contribution in [1.82, 2.24) is 20.1 Å². The molecule has 0 bridgehead atoms. The summed E-state index contributed by atoms with van der Waals surface area (Å²) in [7, 11) is 0. The fourth-order valence-electron chi connectivity index (χ4n) is 3.02. The largest absolute Gasteiger partial charge is 0.357 e. The Hall–Kier alpha value is -1.92. The van der Waals surface area contributed by atoms with E-state index in [0.29, 0.717) is 6.54 Å². The molecule has 3 rings (SSSR count). The predicted molar refractivity (Wildman–Crippen MR) is 105 cm³/mol. The van der Waals surface area contributed by atoms with Crippen LogP contribution in [0.25, 0.3) is 0 Å². The Labute approximate surface area is 154 Å². The number of nitrogens with one attached hydrogen (secondary N) is 1. The predicted octanol–water partition coefficient (Wildman–Crippen LogP) is 2.73. The molecule has 1 N–H and O–H groups in total. The van der Waals surface area contributed by atoms with Gasteiger partial charge < -0.3 is 10.2 Å². The van der Waals surface area contributed by atoms with Crippen LogP contribution in [-0.2, 0) is 13.1 Å². The second-order valence-electron chi connectivity index (χ2n) is 6.26.